The van der Waals surface area contributed by atoms with Gasteiger partial charge in [0.25, 0.3) is 0 Å². The summed E-state index contributed by atoms with van der Waals surface area (Å²) in [6.45, 7) is 0. The molecule has 0 unspecified atom stereocenters. The van der Waals surface area contributed by atoms with Gasteiger partial charge in [0.05, 0.1) is 5.69 Å². The first-order chi connectivity index (χ1) is 56.2. The average Bonchev–Trinajstić information content (AvgIpc) is 0.850. The molecule has 115 heavy (non-hydrogen) atoms. The van der Waals surface area contributed by atoms with Crippen LogP contribution in [0.4, 0.5) is 0 Å². The minimum absolute atomic E-state index is 0. The van der Waals surface area contributed by atoms with E-state index in [9.17, 15) is 0 Å². The van der Waals surface area contributed by atoms with Gasteiger partial charge >= 0.3 is 7.12 Å². The van der Waals surface area contributed by atoms with Crippen molar-refractivity contribution in [2.24, 2.45) is 0 Å². The number of fused-ring (bicyclic) bond motifs is 2. The Kier molecular flexibility index (Phi) is 34.7. The number of hydrogen-bond donors (Lipinski definition) is 2. The van der Waals surface area contributed by atoms with Gasteiger partial charge in [-0.05, 0) is 149 Å². The summed E-state index contributed by atoms with van der Waals surface area (Å²) in [5.41, 5.74) is 3.77. The van der Waals surface area contributed by atoms with Crippen molar-refractivity contribution >= 4 is 165 Å². The molecule has 0 fully saturated rings. The van der Waals surface area contributed by atoms with E-state index in [1.165, 1.54) is 63.7 Å². The molecule has 0 radical (unpaired) electrons. The largest absolute Gasteiger partial charge is 0.488 e. The van der Waals surface area contributed by atoms with Gasteiger partial charge in [0, 0.05) is 36.8 Å². The standard InChI is InChI=1S/4C18H15P.C14H9ClN2.C8H4Cl2N2.C6H7BO2.Pd/c4*1-4-10-16(11-5-1)19(17-12-6-2-7-13-17)18-14-8-3-9-15-18;15-13-9-7-11-6-8-12(16-14(11)17-13)10-4-2-1-3-5-10;9-6-3-1-5-2-4-7(10)12-8(5)11-6;8-7(9)6-4-2-1-3-5-6;/h4*1-15H;1-9H;1-4H;1-5,8-9H;. The van der Waals surface area contributed by atoms with Crippen molar-refractivity contribution in [3.05, 3.63) is 489 Å². The maximum atomic E-state index is 8.58. The number of benzene rings is 14. The van der Waals surface area contributed by atoms with E-state index in [0.29, 0.717) is 32.2 Å². The summed E-state index contributed by atoms with van der Waals surface area (Å²) in [7, 11) is -3.13. The van der Waals surface area contributed by atoms with Crippen LogP contribution in [-0.2, 0) is 20.4 Å². The Morgan fingerprint density at radius 2 is 0.357 bits per heavy atom. The van der Waals surface area contributed by atoms with Gasteiger partial charge in [-0.15, -0.1) is 0 Å². The summed E-state index contributed by atoms with van der Waals surface area (Å²) in [5.74, 6) is 0. The van der Waals surface area contributed by atoms with E-state index in [-0.39, 0.29) is 20.4 Å². The molecule has 0 atom stereocenters. The zero-order chi connectivity index (χ0) is 78.6. The van der Waals surface area contributed by atoms with Crippen LogP contribution in [0.2, 0.25) is 15.5 Å². The van der Waals surface area contributed by atoms with E-state index in [1.807, 2.05) is 66.7 Å². The average molecular weight is 1720 g/mol. The van der Waals surface area contributed by atoms with Crippen molar-refractivity contribution in [1.82, 2.24) is 19.9 Å². The van der Waals surface area contributed by atoms with Crippen molar-refractivity contribution in [3.63, 3.8) is 0 Å². The Bertz CT molecular complexity index is 4870. The molecule has 0 spiro atoms. The van der Waals surface area contributed by atoms with Crippen LogP contribution in [0.25, 0.3) is 33.3 Å². The Morgan fingerprint density at radius 1 is 0.191 bits per heavy atom. The molecule has 0 saturated carbocycles. The first kappa shape index (κ1) is 85.3. The minimum atomic E-state index is -1.34. The van der Waals surface area contributed by atoms with E-state index in [1.54, 1.807) is 42.5 Å². The van der Waals surface area contributed by atoms with Gasteiger partial charge in [-0.1, -0.05) is 459 Å². The molecule has 0 aliphatic heterocycles. The van der Waals surface area contributed by atoms with Crippen LogP contribution in [0.3, 0.4) is 0 Å². The molecule has 14 aromatic carbocycles. The van der Waals surface area contributed by atoms with Gasteiger partial charge in [-0.3, -0.25) is 0 Å². The predicted molar refractivity (Wildman–Crippen MR) is 496 cm³/mol. The second-order valence-electron chi connectivity index (χ2n) is 25.2. The van der Waals surface area contributed by atoms with Crippen molar-refractivity contribution in [1.29, 1.82) is 0 Å². The summed E-state index contributed by atoms with van der Waals surface area (Å²) < 4.78 is 0. The number of halogens is 3. The molecular formula is C100H80BCl3N4O2P4Pd. The molecule has 2 N–H and O–H groups in total. The number of rotatable bonds is 14. The Hall–Kier alpha value is -10.6. The molecule has 6 nitrogen and oxygen atoms in total. The van der Waals surface area contributed by atoms with Gasteiger partial charge in [-0.2, -0.15) is 0 Å². The minimum Gasteiger partial charge on any atom is -0.423 e. The van der Waals surface area contributed by atoms with Crippen LogP contribution in [-0.4, -0.2) is 37.1 Å². The van der Waals surface area contributed by atoms with Gasteiger partial charge in [0.2, 0.25) is 0 Å². The molecule has 15 heteroatoms. The third-order valence-electron chi connectivity index (χ3n) is 17.3. The van der Waals surface area contributed by atoms with Crippen LogP contribution in [0, 0.1) is 0 Å². The van der Waals surface area contributed by atoms with E-state index in [0.717, 1.165) is 22.0 Å². The van der Waals surface area contributed by atoms with Gasteiger partial charge < -0.3 is 10.0 Å². The first-order valence-electron chi connectivity index (χ1n) is 37.0. The molecule has 566 valence electrons. The summed E-state index contributed by atoms with van der Waals surface area (Å²) in [6.07, 6.45) is 0. The van der Waals surface area contributed by atoms with Crippen LogP contribution >= 0.6 is 66.5 Å². The van der Waals surface area contributed by atoms with Crippen LogP contribution in [0.5, 0.6) is 0 Å². The van der Waals surface area contributed by atoms with E-state index >= 15 is 0 Å². The van der Waals surface area contributed by atoms with Crippen molar-refractivity contribution < 1.29 is 30.5 Å². The number of hydrogen-bond acceptors (Lipinski definition) is 6. The summed E-state index contributed by atoms with van der Waals surface area (Å²) in [5, 5.41) is 37.2. The van der Waals surface area contributed by atoms with Crippen molar-refractivity contribution in [2.75, 3.05) is 0 Å². The smallest absolute Gasteiger partial charge is 0.423 e. The van der Waals surface area contributed by atoms with Crippen LogP contribution in [0.15, 0.2) is 473 Å². The molecule has 18 aromatic rings. The fraction of sp³-hybridized carbons (Fsp3) is 0. The van der Waals surface area contributed by atoms with Crippen molar-refractivity contribution in [3.8, 4) is 11.3 Å². The zero-order valence-corrected chi connectivity index (χ0v) is 69.9. The quantitative estimate of drug-likeness (QED) is 0.0640. The summed E-state index contributed by atoms with van der Waals surface area (Å²) >= 11 is 17.2. The molecule has 0 bridgehead atoms. The van der Waals surface area contributed by atoms with Gasteiger partial charge in [0.1, 0.15) is 15.5 Å². The van der Waals surface area contributed by atoms with E-state index in [4.69, 9.17) is 44.9 Å². The fourth-order valence-electron chi connectivity index (χ4n) is 12.0. The second-order valence-corrected chi connectivity index (χ2v) is 35.3. The third kappa shape index (κ3) is 26.2. The molecule has 0 aliphatic rings. The molecule has 0 amide bonds. The zero-order valence-electron chi connectivity index (χ0n) is 62.5. The van der Waals surface area contributed by atoms with E-state index in [2.05, 4.69) is 384 Å². The molecule has 4 aromatic heterocycles. The van der Waals surface area contributed by atoms with Crippen LogP contribution < -0.4 is 69.1 Å². The maximum absolute atomic E-state index is 8.58. The Labute approximate surface area is 709 Å². The summed E-state index contributed by atoms with van der Waals surface area (Å²) in [4.78, 5) is 16.7. The Balaban J connectivity index is 0.000000133. The maximum Gasteiger partial charge on any atom is 0.488 e. The third-order valence-corrected chi connectivity index (χ3v) is 27.7. The number of aromatic nitrogens is 4. The van der Waals surface area contributed by atoms with E-state index < -0.39 is 38.8 Å². The SMILES string of the molecule is Clc1ccc2ccc(-c3ccccc3)nc2n1.Clc1ccc2ccc(Cl)nc2n1.OB(O)c1ccccc1.[Pd].c1ccc(P(c2ccccc2)c2ccccc2)cc1.c1ccc(P(c2ccccc2)c2ccccc2)cc1.c1ccc(P(c2ccccc2)c2ccccc2)cc1.c1ccc(P(c2ccccc2)c2ccccc2)cc1. The molecule has 0 aliphatic carbocycles. The monoisotopic (exact) mass is 1710 g/mol. The van der Waals surface area contributed by atoms with Gasteiger partial charge in [0.15, 0.2) is 11.3 Å². The Morgan fingerprint density at radius 3 is 0.539 bits per heavy atom. The molecule has 4 heterocycles. The fourth-order valence-corrected chi connectivity index (χ4v) is 21.7. The molecule has 18 rings (SSSR count). The molecular weight excluding hydrogens is 1640 g/mol. The molecule has 0 saturated heterocycles. The van der Waals surface area contributed by atoms with Crippen molar-refractivity contribution in [2.45, 2.75) is 0 Å². The topological polar surface area (TPSA) is 92.0 Å². The predicted octanol–water partition coefficient (Wildman–Crippen LogP) is 20.0. The summed E-state index contributed by atoms with van der Waals surface area (Å²) in [6, 6.07) is 163. The number of pyridine rings is 4. The first-order valence-corrected chi connectivity index (χ1v) is 43.5. The van der Waals surface area contributed by atoms with Gasteiger partial charge in [-0.25, -0.2) is 19.9 Å². The number of nitrogens with zero attached hydrogens (tertiary/aromatic N) is 4. The normalized spacial score (nSPS) is 10.4. The van der Waals surface area contributed by atoms with Crippen LogP contribution in [0.1, 0.15) is 0 Å². The second kappa shape index (κ2) is 46.7.